The Bertz CT molecular complexity index is 905. The van der Waals surface area contributed by atoms with E-state index in [2.05, 4.69) is 0 Å². The third-order valence-electron chi connectivity index (χ3n) is 4.00. The quantitative estimate of drug-likeness (QED) is 0.492. The molecule has 0 bridgehead atoms. The third-order valence-corrected chi connectivity index (χ3v) is 4.00. The number of carbonyl (C=O) groups excluding carboxylic acids is 2. The fourth-order valence-electron chi connectivity index (χ4n) is 2.59. The van der Waals surface area contributed by atoms with E-state index in [0.29, 0.717) is 23.7 Å². The maximum atomic E-state index is 13.7. The summed E-state index contributed by atoms with van der Waals surface area (Å²) in [6, 6.07) is 8.12. The molecule has 0 N–H and O–H groups in total. The van der Waals surface area contributed by atoms with Crippen molar-refractivity contribution < 1.29 is 27.8 Å². The minimum atomic E-state index is -0.919. The molecular weight excluding hydrogens is 380 g/mol. The van der Waals surface area contributed by atoms with Crippen molar-refractivity contribution in [2.45, 2.75) is 20.0 Å². The van der Waals surface area contributed by atoms with Gasteiger partial charge in [0.2, 0.25) is 0 Å². The van der Waals surface area contributed by atoms with Gasteiger partial charge in [-0.2, -0.15) is 0 Å². The molecule has 0 unspecified atom stereocenters. The summed E-state index contributed by atoms with van der Waals surface area (Å²) in [5.41, 5.74) is -0.0396. The highest BCUT2D eigenvalue weighted by Gasteiger charge is 2.19. The zero-order valence-corrected chi connectivity index (χ0v) is 16.7. The molecule has 2 rings (SSSR count). The molecule has 7 heteroatoms. The van der Waals surface area contributed by atoms with Gasteiger partial charge in [-0.25, -0.2) is 8.78 Å². The van der Waals surface area contributed by atoms with Gasteiger partial charge in [0.25, 0.3) is 5.91 Å². The number of ketones is 1. The molecule has 0 radical (unpaired) electrons. The zero-order chi connectivity index (χ0) is 21.6. The fraction of sp³-hybridized carbons (Fsp3) is 0.273. The highest BCUT2D eigenvalue weighted by atomic mass is 19.1. The number of allylic oxidation sites excluding steroid dienone is 1. The summed E-state index contributed by atoms with van der Waals surface area (Å²) >= 11 is 0. The van der Waals surface area contributed by atoms with Gasteiger partial charge in [-0.1, -0.05) is 18.2 Å². The predicted octanol–water partition coefficient (Wildman–Crippen LogP) is 4.12. The molecular formula is C22H23F2NO4. The van der Waals surface area contributed by atoms with Gasteiger partial charge in [0.05, 0.1) is 12.2 Å². The largest absolute Gasteiger partial charge is 0.490 e. The van der Waals surface area contributed by atoms with Crippen LogP contribution >= 0.6 is 0 Å². The molecule has 1 amide bonds. The van der Waals surface area contributed by atoms with Gasteiger partial charge in [-0.15, -0.1) is 0 Å². The van der Waals surface area contributed by atoms with Gasteiger partial charge in [0.15, 0.2) is 23.4 Å². The van der Waals surface area contributed by atoms with Crippen LogP contribution in [-0.2, 0) is 4.79 Å². The predicted molar refractivity (Wildman–Crippen MR) is 106 cm³/mol. The van der Waals surface area contributed by atoms with Crippen LogP contribution in [0.25, 0.3) is 6.08 Å². The number of amides is 1. The zero-order valence-electron chi connectivity index (χ0n) is 16.7. The second-order valence-corrected chi connectivity index (χ2v) is 6.43. The summed E-state index contributed by atoms with van der Waals surface area (Å²) < 4.78 is 38.7. The lowest BCUT2D eigenvalue weighted by atomic mass is 10.1. The van der Waals surface area contributed by atoms with Crippen LogP contribution in [0.2, 0.25) is 0 Å². The summed E-state index contributed by atoms with van der Waals surface area (Å²) in [5, 5.41) is 0. The van der Waals surface area contributed by atoms with E-state index < -0.39 is 29.1 Å². The van der Waals surface area contributed by atoms with Crippen molar-refractivity contribution in [2.24, 2.45) is 0 Å². The fourth-order valence-corrected chi connectivity index (χ4v) is 2.59. The van der Waals surface area contributed by atoms with E-state index in [4.69, 9.17) is 9.47 Å². The minimum absolute atomic E-state index is 0.200. The first-order valence-electron chi connectivity index (χ1n) is 9.05. The smallest absolute Gasteiger partial charge is 0.262 e. The molecule has 0 aliphatic heterocycles. The Morgan fingerprint density at radius 2 is 1.76 bits per heavy atom. The molecule has 2 aromatic carbocycles. The Hall–Kier alpha value is -3.22. The van der Waals surface area contributed by atoms with Crippen LogP contribution in [0.4, 0.5) is 8.78 Å². The highest BCUT2D eigenvalue weighted by Crippen LogP contribution is 2.30. The van der Waals surface area contributed by atoms with Crippen molar-refractivity contribution in [3.8, 4) is 11.5 Å². The average molecular weight is 403 g/mol. The lowest BCUT2D eigenvalue weighted by Gasteiger charge is -2.20. The molecule has 154 valence electrons. The molecule has 1 atom stereocenters. The van der Waals surface area contributed by atoms with E-state index in [1.165, 1.54) is 17.0 Å². The van der Waals surface area contributed by atoms with Gasteiger partial charge in [-0.05, 0) is 49.8 Å². The van der Waals surface area contributed by atoms with Crippen molar-refractivity contribution in [1.29, 1.82) is 0 Å². The normalized spacial score (nSPS) is 11.9. The Kier molecular flexibility index (Phi) is 7.47. The molecule has 0 spiro atoms. The van der Waals surface area contributed by atoms with Gasteiger partial charge in [0, 0.05) is 14.1 Å². The monoisotopic (exact) mass is 403 g/mol. The molecule has 0 saturated carbocycles. The van der Waals surface area contributed by atoms with Gasteiger partial charge in [0.1, 0.15) is 11.6 Å². The standard InChI is InChI=1S/C22H23F2NO4/c1-5-28-20-13-15(10-12-19(20)29-14(2)22(27)25(3)4)9-11-18(26)21-16(23)7-6-8-17(21)24/h6-14H,5H2,1-4H3/b11-9+/t14-/m0/s1. The van der Waals surface area contributed by atoms with Crippen LogP contribution in [0.1, 0.15) is 29.8 Å². The number of hydrogen-bond donors (Lipinski definition) is 0. The Morgan fingerprint density at radius 1 is 1.10 bits per heavy atom. The third kappa shape index (κ3) is 5.63. The van der Waals surface area contributed by atoms with E-state index in [-0.39, 0.29) is 5.91 Å². The van der Waals surface area contributed by atoms with E-state index in [0.717, 1.165) is 18.2 Å². The van der Waals surface area contributed by atoms with Crippen LogP contribution < -0.4 is 9.47 Å². The molecule has 0 heterocycles. The number of benzene rings is 2. The second kappa shape index (κ2) is 9.82. The highest BCUT2D eigenvalue weighted by molar-refractivity contribution is 6.07. The van der Waals surface area contributed by atoms with Crippen LogP contribution in [-0.4, -0.2) is 43.4 Å². The number of carbonyl (C=O) groups is 2. The lowest BCUT2D eigenvalue weighted by molar-refractivity contribution is -0.135. The van der Waals surface area contributed by atoms with E-state index in [9.17, 15) is 18.4 Å². The maximum Gasteiger partial charge on any atom is 0.262 e. The second-order valence-electron chi connectivity index (χ2n) is 6.43. The molecule has 0 aliphatic carbocycles. The van der Waals surface area contributed by atoms with Crippen LogP contribution in [0, 0.1) is 11.6 Å². The Labute approximate surface area is 168 Å². The van der Waals surface area contributed by atoms with E-state index in [1.807, 2.05) is 0 Å². The maximum absolute atomic E-state index is 13.7. The lowest BCUT2D eigenvalue weighted by Crippen LogP contribution is -2.35. The first-order valence-corrected chi connectivity index (χ1v) is 9.05. The van der Waals surface area contributed by atoms with Crippen molar-refractivity contribution in [3.63, 3.8) is 0 Å². The summed E-state index contributed by atoms with van der Waals surface area (Å²) in [7, 11) is 3.27. The molecule has 2 aromatic rings. The molecule has 0 aromatic heterocycles. The average Bonchev–Trinajstić information content (AvgIpc) is 2.67. The topological polar surface area (TPSA) is 55.8 Å². The van der Waals surface area contributed by atoms with Crippen LogP contribution in [0.15, 0.2) is 42.5 Å². The Balaban J connectivity index is 2.24. The van der Waals surface area contributed by atoms with Crippen LogP contribution in [0.3, 0.4) is 0 Å². The van der Waals surface area contributed by atoms with Crippen LogP contribution in [0.5, 0.6) is 11.5 Å². The van der Waals surface area contributed by atoms with Crippen molar-refractivity contribution in [1.82, 2.24) is 4.90 Å². The van der Waals surface area contributed by atoms with E-state index in [1.54, 1.807) is 46.1 Å². The SMILES string of the molecule is CCOc1cc(/C=C/C(=O)c2c(F)cccc2F)ccc1O[C@@H](C)C(=O)N(C)C. The molecule has 0 saturated heterocycles. The summed E-state index contributed by atoms with van der Waals surface area (Å²) in [4.78, 5) is 25.6. The van der Waals surface area contributed by atoms with E-state index >= 15 is 0 Å². The summed E-state index contributed by atoms with van der Waals surface area (Å²) in [6.45, 7) is 3.79. The molecule has 0 fully saturated rings. The van der Waals surface area contributed by atoms with Gasteiger partial charge >= 0.3 is 0 Å². The molecule has 0 aliphatic rings. The van der Waals surface area contributed by atoms with Gasteiger partial charge in [-0.3, -0.25) is 9.59 Å². The number of rotatable bonds is 8. The molecule has 29 heavy (non-hydrogen) atoms. The first-order chi connectivity index (χ1) is 13.7. The van der Waals surface area contributed by atoms with Crippen molar-refractivity contribution >= 4 is 17.8 Å². The number of nitrogens with zero attached hydrogens (tertiary/aromatic N) is 1. The Morgan fingerprint density at radius 3 is 2.34 bits per heavy atom. The van der Waals surface area contributed by atoms with Crippen molar-refractivity contribution in [2.75, 3.05) is 20.7 Å². The van der Waals surface area contributed by atoms with Gasteiger partial charge < -0.3 is 14.4 Å². The number of likely N-dealkylation sites (N-methyl/N-ethyl adjacent to an activating group) is 1. The van der Waals surface area contributed by atoms with Crippen molar-refractivity contribution in [3.05, 3.63) is 65.2 Å². The molecule has 5 nitrogen and oxygen atoms in total. The number of hydrogen-bond acceptors (Lipinski definition) is 4. The number of ether oxygens (including phenoxy) is 2. The summed E-state index contributed by atoms with van der Waals surface area (Å²) in [6.07, 6.45) is 1.80. The first kappa shape index (κ1) is 22.1. The number of halogens is 2. The summed E-state index contributed by atoms with van der Waals surface area (Å²) in [5.74, 6) is -2.07. The minimum Gasteiger partial charge on any atom is -0.490 e.